The maximum atomic E-state index is 12.2. The van der Waals surface area contributed by atoms with Crippen LogP contribution < -0.4 is 10.6 Å². The molecule has 5 nitrogen and oxygen atoms in total. The molecule has 2 rings (SSSR count). The lowest BCUT2D eigenvalue weighted by Gasteiger charge is -2.22. The van der Waals surface area contributed by atoms with Gasteiger partial charge in [-0.3, -0.25) is 9.59 Å². The second-order valence-electron chi connectivity index (χ2n) is 7.74. The second-order valence-corrected chi connectivity index (χ2v) is 7.74. The fourth-order valence-electron chi connectivity index (χ4n) is 2.78. The maximum Gasteiger partial charge on any atom is 0.251 e. The summed E-state index contributed by atoms with van der Waals surface area (Å²) < 4.78 is 0. The molecule has 1 aromatic carbocycles. The van der Waals surface area contributed by atoms with Crippen molar-refractivity contribution < 1.29 is 14.7 Å². The van der Waals surface area contributed by atoms with E-state index in [4.69, 9.17) is 0 Å². The average molecular weight is 332 g/mol. The van der Waals surface area contributed by atoms with E-state index < -0.39 is 11.0 Å². The first-order valence-electron chi connectivity index (χ1n) is 8.57. The van der Waals surface area contributed by atoms with Gasteiger partial charge in [-0.1, -0.05) is 45.7 Å². The zero-order chi connectivity index (χ0) is 17.8. The molecule has 0 atom stereocenters. The van der Waals surface area contributed by atoms with Crippen molar-refractivity contribution in [1.82, 2.24) is 10.6 Å². The molecule has 0 bridgehead atoms. The van der Waals surface area contributed by atoms with Crippen LogP contribution in [0.5, 0.6) is 0 Å². The fraction of sp³-hybridized carbons (Fsp3) is 0.579. The Balaban J connectivity index is 1.84. The van der Waals surface area contributed by atoms with Gasteiger partial charge in [0.2, 0.25) is 5.91 Å². The molecule has 0 spiro atoms. The van der Waals surface area contributed by atoms with E-state index in [1.54, 1.807) is 12.1 Å². The van der Waals surface area contributed by atoms with Gasteiger partial charge >= 0.3 is 0 Å². The van der Waals surface area contributed by atoms with E-state index in [2.05, 4.69) is 10.6 Å². The highest BCUT2D eigenvalue weighted by Gasteiger charge is 2.31. The molecule has 0 unspecified atom stereocenters. The van der Waals surface area contributed by atoms with Crippen LogP contribution in [0.4, 0.5) is 0 Å². The lowest BCUT2D eigenvalue weighted by molar-refractivity contribution is -0.128. The van der Waals surface area contributed by atoms with Gasteiger partial charge in [-0.2, -0.15) is 0 Å². The van der Waals surface area contributed by atoms with Crippen LogP contribution in [0.3, 0.4) is 0 Å². The largest absolute Gasteiger partial charge is 0.388 e. The van der Waals surface area contributed by atoms with Gasteiger partial charge in [-0.25, -0.2) is 0 Å². The number of rotatable bonds is 5. The Bertz CT molecular complexity index is 582. The van der Waals surface area contributed by atoms with Crippen molar-refractivity contribution in [2.75, 3.05) is 6.54 Å². The molecule has 132 valence electrons. The van der Waals surface area contributed by atoms with Gasteiger partial charge in [0.25, 0.3) is 5.91 Å². The van der Waals surface area contributed by atoms with Gasteiger partial charge in [0.05, 0.1) is 5.60 Å². The van der Waals surface area contributed by atoms with Crippen LogP contribution in [0.25, 0.3) is 0 Å². The van der Waals surface area contributed by atoms with Crippen molar-refractivity contribution in [3.63, 3.8) is 0 Å². The highest BCUT2D eigenvalue weighted by atomic mass is 16.3. The smallest absolute Gasteiger partial charge is 0.251 e. The van der Waals surface area contributed by atoms with Crippen molar-refractivity contribution >= 4 is 11.8 Å². The molecule has 0 heterocycles. The van der Waals surface area contributed by atoms with Gasteiger partial charge < -0.3 is 15.7 Å². The number of benzene rings is 1. The first-order chi connectivity index (χ1) is 11.2. The summed E-state index contributed by atoms with van der Waals surface area (Å²) in [6.07, 6.45) is 3.53. The number of nitrogens with one attached hydrogen (secondary N) is 2. The average Bonchev–Trinajstić information content (AvgIpc) is 2.97. The molecule has 3 N–H and O–H groups in total. The Morgan fingerprint density at radius 2 is 1.67 bits per heavy atom. The number of aliphatic hydroxyl groups is 1. The molecule has 1 aromatic rings. The maximum absolute atomic E-state index is 12.2. The molecule has 24 heavy (non-hydrogen) atoms. The van der Waals surface area contributed by atoms with Crippen molar-refractivity contribution in [2.45, 2.75) is 58.6 Å². The summed E-state index contributed by atoms with van der Waals surface area (Å²) in [5.74, 6) is -0.185. The van der Waals surface area contributed by atoms with Crippen LogP contribution in [0.2, 0.25) is 0 Å². The van der Waals surface area contributed by atoms with Crippen LogP contribution in [-0.4, -0.2) is 29.1 Å². The van der Waals surface area contributed by atoms with Crippen LogP contribution >= 0.6 is 0 Å². The number of amides is 2. The van der Waals surface area contributed by atoms with E-state index in [1.807, 2.05) is 32.9 Å². The summed E-state index contributed by atoms with van der Waals surface area (Å²) in [5, 5.41) is 16.0. The molecule has 0 aromatic heterocycles. The molecular weight excluding hydrogens is 304 g/mol. The van der Waals surface area contributed by atoms with Crippen LogP contribution in [0.15, 0.2) is 24.3 Å². The predicted molar refractivity (Wildman–Crippen MR) is 93.5 cm³/mol. The van der Waals surface area contributed by atoms with E-state index in [1.165, 1.54) is 0 Å². The highest BCUT2D eigenvalue weighted by Crippen LogP contribution is 2.28. The highest BCUT2D eigenvalue weighted by molar-refractivity contribution is 5.94. The number of hydrogen-bond acceptors (Lipinski definition) is 3. The van der Waals surface area contributed by atoms with Crippen LogP contribution in [0.1, 0.15) is 62.4 Å². The van der Waals surface area contributed by atoms with Crippen molar-refractivity contribution in [1.29, 1.82) is 0 Å². The van der Waals surface area contributed by atoms with Gasteiger partial charge in [0.15, 0.2) is 0 Å². The SMILES string of the molecule is CC(C)(C)C(=O)NCc1ccc(C(=O)NCC2(O)CCCC2)cc1. The summed E-state index contributed by atoms with van der Waals surface area (Å²) in [6, 6.07) is 7.16. The number of carbonyl (C=O) groups is 2. The summed E-state index contributed by atoms with van der Waals surface area (Å²) in [7, 11) is 0. The molecule has 0 aliphatic heterocycles. The third kappa shape index (κ3) is 5.06. The van der Waals surface area contributed by atoms with Crippen molar-refractivity contribution in [3.05, 3.63) is 35.4 Å². The number of carbonyl (C=O) groups excluding carboxylic acids is 2. The standard InChI is InChI=1S/C19H28N2O3/c1-18(2,3)17(23)20-12-14-6-8-15(9-7-14)16(22)21-13-19(24)10-4-5-11-19/h6-9,24H,4-5,10-13H2,1-3H3,(H,20,23)(H,21,22). The predicted octanol–water partition coefficient (Wildman–Crippen LogP) is 2.38. The Labute approximate surface area is 143 Å². The van der Waals surface area contributed by atoms with Crippen LogP contribution in [0, 0.1) is 5.41 Å². The molecule has 0 radical (unpaired) electrons. The summed E-state index contributed by atoms with van der Waals surface area (Å²) in [5.41, 5.74) is 0.341. The Morgan fingerprint density at radius 1 is 1.08 bits per heavy atom. The quantitative estimate of drug-likeness (QED) is 0.775. The van der Waals surface area contributed by atoms with Gasteiger partial charge in [0, 0.05) is 24.1 Å². The summed E-state index contributed by atoms with van der Waals surface area (Å²) >= 11 is 0. The summed E-state index contributed by atoms with van der Waals surface area (Å²) in [6.45, 7) is 6.35. The lowest BCUT2D eigenvalue weighted by Crippen LogP contribution is -2.40. The molecule has 2 amide bonds. The Kier molecular flexibility index (Phi) is 5.65. The third-order valence-electron chi connectivity index (χ3n) is 4.46. The monoisotopic (exact) mass is 332 g/mol. The Hall–Kier alpha value is -1.88. The first-order valence-corrected chi connectivity index (χ1v) is 8.57. The normalized spacial score (nSPS) is 16.7. The van der Waals surface area contributed by atoms with E-state index in [-0.39, 0.29) is 11.8 Å². The van der Waals surface area contributed by atoms with E-state index >= 15 is 0 Å². The summed E-state index contributed by atoms with van der Waals surface area (Å²) in [4.78, 5) is 24.0. The molecule has 1 fully saturated rings. The number of hydrogen-bond donors (Lipinski definition) is 3. The fourth-order valence-corrected chi connectivity index (χ4v) is 2.78. The van der Waals surface area contributed by atoms with Crippen molar-refractivity contribution in [3.8, 4) is 0 Å². The van der Waals surface area contributed by atoms with Gasteiger partial charge in [-0.05, 0) is 30.5 Å². The topological polar surface area (TPSA) is 78.4 Å². The van der Waals surface area contributed by atoms with E-state index in [0.29, 0.717) is 18.7 Å². The molecule has 1 saturated carbocycles. The zero-order valence-electron chi connectivity index (χ0n) is 14.8. The third-order valence-corrected chi connectivity index (χ3v) is 4.46. The zero-order valence-corrected chi connectivity index (χ0v) is 14.8. The van der Waals surface area contributed by atoms with E-state index in [9.17, 15) is 14.7 Å². The first kappa shape index (κ1) is 18.5. The van der Waals surface area contributed by atoms with Crippen molar-refractivity contribution in [2.24, 2.45) is 5.41 Å². The van der Waals surface area contributed by atoms with E-state index in [0.717, 1.165) is 31.2 Å². The molecular formula is C19H28N2O3. The minimum atomic E-state index is -0.743. The second kappa shape index (κ2) is 7.34. The minimum Gasteiger partial charge on any atom is -0.388 e. The minimum absolute atomic E-state index is 0.00544. The Morgan fingerprint density at radius 3 is 2.21 bits per heavy atom. The lowest BCUT2D eigenvalue weighted by atomic mass is 9.95. The van der Waals surface area contributed by atoms with Gasteiger partial charge in [-0.15, -0.1) is 0 Å². The van der Waals surface area contributed by atoms with Crippen LogP contribution in [-0.2, 0) is 11.3 Å². The molecule has 1 aliphatic carbocycles. The molecule has 1 aliphatic rings. The van der Waals surface area contributed by atoms with Gasteiger partial charge in [0.1, 0.15) is 0 Å². The molecule has 5 heteroatoms. The molecule has 0 saturated heterocycles.